The second-order valence-corrected chi connectivity index (χ2v) is 3.94. The molecule has 0 spiro atoms. The molecule has 0 radical (unpaired) electrons. The summed E-state index contributed by atoms with van der Waals surface area (Å²) < 4.78 is 5.65. The Morgan fingerprint density at radius 2 is 2.46 bits per heavy atom. The van der Waals surface area contributed by atoms with Crippen molar-refractivity contribution in [3.8, 4) is 0 Å². The summed E-state index contributed by atoms with van der Waals surface area (Å²) in [5.74, 6) is 0.878. The highest BCUT2D eigenvalue weighted by Gasteiger charge is 2.41. The first-order valence-corrected chi connectivity index (χ1v) is 5.20. The molecule has 3 nitrogen and oxygen atoms in total. The fraction of sp³-hybridized carbons (Fsp3) is 0.900. The predicted octanol–water partition coefficient (Wildman–Crippen LogP) is 0.732. The highest BCUT2D eigenvalue weighted by atomic mass is 16.5. The lowest BCUT2D eigenvalue weighted by Crippen LogP contribution is -2.42. The molecule has 2 aliphatic heterocycles. The van der Waals surface area contributed by atoms with Crippen LogP contribution in [-0.4, -0.2) is 31.1 Å². The van der Waals surface area contributed by atoms with Gasteiger partial charge in [0.2, 0.25) is 0 Å². The minimum atomic E-state index is -0.0182. The number of Topliss-reactive ketones (excluding diaryl/α,β-unsaturated/α-hetero) is 1. The third kappa shape index (κ3) is 1.63. The summed E-state index contributed by atoms with van der Waals surface area (Å²) in [5.41, 5.74) is 0. The Kier molecular flexibility index (Phi) is 2.65. The van der Waals surface area contributed by atoms with Crippen molar-refractivity contribution in [1.82, 2.24) is 5.32 Å². The molecular formula is C10H17NO2. The van der Waals surface area contributed by atoms with Crippen LogP contribution in [0.25, 0.3) is 0 Å². The van der Waals surface area contributed by atoms with Gasteiger partial charge in [-0.25, -0.2) is 0 Å². The molecule has 3 unspecified atom stereocenters. The summed E-state index contributed by atoms with van der Waals surface area (Å²) in [6.45, 7) is 3.71. The largest absolute Gasteiger partial charge is 0.376 e. The van der Waals surface area contributed by atoms with E-state index < -0.39 is 0 Å². The van der Waals surface area contributed by atoms with Crippen molar-refractivity contribution in [2.75, 3.05) is 13.2 Å². The molecule has 2 rings (SSSR count). The van der Waals surface area contributed by atoms with Gasteiger partial charge in [0.25, 0.3) is 0 Å². The van der Waals surface area contributed by atoms with E-state index in [1.54, 1.807) is 0 Å². The average molecular weight is 183 g/mol. The maximum Gasteiger partial charge on any atom is 0.152 e. The third-order valence-electron chi connectivity index (χ3n) is 3.12. The molecule has 74 valence electrons. The van der Waals surface area contributed by atoms with Gasteiger partial charge in [-0.05, 0) is 18.8 Å². The maximum absolute atomic E-state index is 11.5. The molecule has 3 atom stereocenters. The number of ketones is 1. The van der Waals surface area contributed by atoms with E-state index in [1.165, 1.54) is 6.42 Å². The summed E-state index contributed by atoms with van der Waals surface area (Å²) >= 11 is 0. The van der Waals surface area contributed by atoms with Crippen molar-refractivity contribution in [2.45, 2.75) is 38.3 Å². The van der Waals surface area contributed by atoms with Crippen LogP contribution in [0.2, 0.25) is 0 Å². The quantitative estimate of drug-likeness (QED) is 0.686. The van der Waals surface area contributed by atoms with Crippen LogP contribution in [0.1, 0.15) is 26.2 Å². The van der Waals surface area contributed by atoms with E-state index in [2.05, 4.69) is 5.32 Å². The van der Waals surface area contributed by atoms with Crippen LogP contribution in [-0.2, 0) is 9.53 Å². The van der Waals surface area contributed by atoms with Crippen LogP contribution in [0.3, 0.4) is 0 Å². The Balaban J connectivity index is 2.02. The number of fused-ring (bicyclic) bond motifs is 1. The monoisotopic (exact) mass is 183 g/mol. The third-order valence-corrected chi connectivity index (χ3v) is 3.12. The highest BCUT2D eigenvalue weighted by molar-refractivity contribution is 5.84. The zero-order chi connectivity index (χ0) is 9.26. The van der Waals surface area contributed by atoms with Crippen molar-refractivity contribution in [3.05, 3.63) is 0 Å². The van der Waals surface area contributed by atoms with Crippen LogP contribution in [0, 0.1) is 5.92 Å². The van der Waals surface area contributed by atoms with Gasteiger partial charge in [-0.2, -0.15) is 0 Å². The van der Waals surface area contributed by atoms with Crippen molar-refractivity contribution >= 4 is 5.78 Å². The first-order chi connectivity index (χ1) is 6.33. The zero-order valence-electron chi connectivity index (χ0n) is 8.08. The molecule has 2 aliphatic rings. The van der Waals surface area contributed by atoms with Crippen molar-refractivity contribution in [1.29, 1.82) is 0 Å². The molecule has 3 heteroatoms. The second-order valence-electron chi connectivity index (χ2n) is 3.94. The molecule has 0 aliphatic carbocycles. The highest BCUT2D eigenvalue weighted by Crippen LogP contribution is 2.28. The molecule has 0 saturated carbocycles. The molecule has 0 aromatic rings. The lowest BCUT2D eigenvalue weighted by atomic mass is 9.92. The number of hydrogen-bond acceptors (Lipinski definition) is 3. The smallest absolute Gasteiger partial charge is 0.152 e. The first-order valence-electron chi connectivity index (χ1n) is 5.20. The fourth-order valence-corrected chi connectivity index (χ4v) is 2.36. The normalized spacial score (nSPS) is 38.7. The van der Waals surface area contributed by atoms with Crippen LogP contribution >= 0.6 is 0 Å². The van der Waals surface area contributed by atoms with E-state index in [1.807, 2.05) is 6.92 Å². The standard InChI is InChI=1S/C10H17NO2/c1-2-8(12)9-10-7(6-11-9)4-3-5-13-10/h7,9-11H,2-6H2,1H3. The molecule has 1 N–H and O–H groups in total. The topological polar surface area (TPSA) is 38.3 Å². The maximum atomic E-state index is 11.5. The fourth-order valence-electron chi connectivity index (χ4n) is 2.36. The van der Waals surface area contributed by atoms with Gasteiger partial charge in [0, 0.05) is 19.6 Å². The lowest BCUT2D eigenvalue weighted by Gasteiger charge is -2.27. The molecule has 0 aromatic heterocycles. The van der Waals surface area contributed by atoms with Crippen LogP contribution in [0.4, 0.5) is 0 Å². The van der Waals surface area contributed by atoms with Gasteiger partial charge < -0.3 is 10.1 Å². The first kappa shape index (κ1) is 9.16. The molecular weight excluding hydrogens is 166 g/mol. The average Bonchev–Trinajstić information content (AvgIpc) is 2.60. The van der Waals surface area contributed by atoms with E-state index in [4.69, 9.17) is 4.74 Å². The van der Waals surface area contributed by atoms with Gasteiger partial charge >= 0.3 is 0 Å². The number of hydrogen-bond donors (Lipinski definition) is 1. The number of ether oxygens (including phenoxy) is 1. The SMILES string of the molecule is CCC(=O)C1NCC2CCCOC21. The van der Waals surface area contributed by atoms with E-state index in [0.717, 1.165) is 19.6 Å². The minimum absolute atomic E-state index is 0.0182. The van der Waals surface area contributed by atoms with E-state index in [9.17, 15) is 4.79 Å². The molecule has 2 heterocycles. The van der Waals surface area contributed by atoms with Crippen molar-refractivity contribution in [2.24, 2.45) is 5.92 Å². The van der Waals surface area contributed by atoms with Gasteiger partial charge in [0.15, 0.2) is 5.78 Å². The molecule has 2 fully saturated rings. The van der Waals surface area contributed by atoms with Gasteiger partial charge in [-0.3, -0.25) is 4.79 Å². The molecule has 2 saturated heterocycles. The molecule has 13 heavy (non-hydrogen) atoms. The number of nitrogens with one attached hydrogen (secondary N) is 1. The molecule has 0 amide bonds. The van der Waals surface area contributed by atoms with Gasteiger partial charge in [0.1, 0.15) is 0 Å². The summed E-state index contributed by atoms with van der Waals surface area (Å²) in [5, 5.41) is 3.27. The molecule has 0 bridgehead atoms. The van der Waals surface area contributed by atoms with E-state index in [0.29, 0.717) is 18.1 Å². The molecule has 0 aromatic carbocycles. The Bertz CT molecular complexity index is 205. The summed E-state index contributed by atoms with van der Waals surface area (Å²) in [4.78, 5) is 11.5. The van der Waals surface area contributed by atoms with Gasteiger partial charge in [0.05, 0.1) is 12.1 Å². The number of rotatable bonds is 2. The van der Waals surface area contributed by atoms with Gasteiger partial charge in [-0.1, -0.05) is 6.92 Å². The van der Waals surface area contributed by atoms with Crippen LogP contribution in [0.5, 0.6) is 0 Å². The summed E-state index contributed by atoms with van der Waals surface area (Å²) in [6, 6.07) is -0.0182. The van der Waals surface area contributed by atoms with Crippen molar-refractivity contribution < 1.29 is 9.53 Å². The summed E-state index contributed by atoms with van der Waals surface area (Å²) in [7, 11) is 0. The lowest BCUT2D eigenvalue weighted by molar-refractivity contribution is -0.125. The van der Waals surface area contributed by atoms with Crippen LogP contribution < -0.4 is 5.32 Å². The van der Waals surface area contributed by atoms with E-state index in [-0.39, 0.29) is 12.1 Å². The predicted molar refractivity (Wildman–Crippen MR) is 49.6 cm³/mol. The zero-order valence-corrected chi connectivity index (χ0v) is 8.08. The number of carbonyl (C=O) groups is 1. The Morgan fingerprint density at radius 1 is 1.62 bits per heavy atom. The van der Waals surface area contributed by atoms with Crippen molar-refractivity contribution in [3.63, 3.8) is 0 Å². The van der Waals surface area contributed by atoms with Gasteiger partial charge in [-0.15, -0.1) is 0 Å². The Hall–Kier alpha value is -0.410. The van der Waals surface area contributed by atoms with E-state index >= 15 is 0 Å². The second kappa shape index (κ2) is 3.76. The Morgan fingerprint density at radius 3 is 3.23 bits per heavy atom. The summed E-state index contributed by atoms with van der Waals surface area (Å²) in [6.07, 6.45) is 3.15. The number of carbonyl (C=O) groups excluding carboxylic acids is 1. The van der Waals surface area contributed by atoms with Crippen LogP contribution in [0.15, 0.2) is 0 Å². The minimum Gasteiger partial charge on any atom is -0.376 e. The Labute approximate surface area is 78.8 Å².